The van der Waals surface area contributed by atoms with Crippen molar-refractivity contribution < 1.29 is 49.9 Å². The molecule has 294 valence electrons. The van der Waals surface area contributed by atoms with E-state index >= 15 is 0 Å². The smallest absolute Gasteiger partial charge is 0.416 e. The molecule has 6 rings (SSSR count). The number of nitrogens with zero attached hydrogens (tertiary/aromatic N) is 2. The van der Waals surface area contributed by atoms with E-state index in [2.05, 4.69) is 15.4 Å². The summed E-state index contributed by atoms with van der Waals surface area (Å²) in [4.78, 5) is 58.1. The van der Waals surface area contributed by atoms with Crippen molar-refractivity contribution in [2.75, 3.05) is 11.9 Å². The number of alkyl halides is 3. The van der Waals surface area contributed by atoms with Crippen LogP contribution in [-0.4, -0.2) is 77.6 Å². The third-order valence-corrected chi connectivity index (χ3v) is 12.7. The lowest BCUT2D eigenvalue weighted by Gasteiger charge is -2.36. The minimum atomic E-state index is -4.88. The van der Waals surface area contributed by atoms with E-state index in [9.17, 15) is 45.2 Å². The zero-order valence-corrected chi connectivity index (χ0v) is 31.6. The van der Waals surface area contributed by atoms with Crippen LogP contribution < -0.4 is 15.4 Å². The Morgan fingerprint density at radius 1 is 1.07 bits per heavy atom. The first kappa shape index (κ1) is 39.6. The van der Waals surface area contributed by atoms with E-state index in [1.165, 1.54) is 4.90 Å². The van der Waals surface area contributed by atoms with Crippen molar-refractivity contribution in [3.63, 3.8) is 0 Å². The molecular weight excluding hydrogens is 758 g/mol. The Kier molecular flexibility index (Phi) is 10.4. The fourth-order valence-electron chi connectivity index (χ4n) is 7.22. The standard InChI is InChI=1S/C36H42ClF4N5O7S/c1-5-20-15-35(20,32(49)44-54(51,52)25-9-10-25)43-30(47)28-14-24(53-33(50)45-16-19-7-6-8-27(37)26(19)18-45)17-46(28)31(48)29(34(2,3)4)42-23-12-21(36(39,40)41)11-22(38)13-23/h6-8,11-13,20,24-25,28-29,42H,5,9-10,14-18H2,1-4H3,(H,43,47)(H,44,49). The van der Waals surface area contributed by atoms with Gasteiger partial charge in [0.05, 0.1) is 23.9 Å². The highest BCUT2D eigenvalue weighted by Crippen LogP contribution is 2.47. The molecule has 2 heterocycles. The second kappa shape index (κ2) is 14.2. The summed E-state index contributed by atoms with van der Waals surface area (Å²) in [5.74, 6) is -4.06. The number of sulfonamides is 1. The van der Waals surface area contributed by atoms with Crippen LogP contribution in [0.1, 0.15) is 76.5 Å². The lowest BCUT2D eigenvalue weighted by molar-refractivity contribution is -0.141. The minimum Gasteiger partial charge on any atom is -0.444 e. The molecule has 0 spiro atoms. The molecule has 5 atom stereocenters. The summed E-state index contributed by atoms with van der Waals surface area (Å²) in [6.07, 6.45) is -5.48. The predicted octanol–water partition coefficient (Wildman–Crippen LogP) is 5.34. The third-order valence-electron chi connectivity index (χ3n) is 10.5. The van der Waals surface area contributed by atoms with Crippen LogP contribution in [0.2, 0.25) is 5.02 Å². The van der Waals surface area contributed by atoms with Crippen molar-refractivity contribution in [1.82, 2.24) is 19.8 Å². The Morgan fingerprint density at radius 3 is 2.37 bits per heavy atom. The maximum Gasteiger partial charge on any atom is 0.416 e. The van der Waals surface area contributed by atoms with Gasteiger partial charge in [-0.1, -0.05) is 57.8 Å². The lowest BCUT2D eigenvalue weighted by atomic mass is 9.85. The van der Waals surface area contributed by atoms with Crippen LogP contribution in [0.4, 0.5) is 28.0 Å². The summed E-state index contributed by atoms with van der Waals surface area (Å²) in [6, 6.07) is 4.41. The van der Waals surface area contributed by atoms with E-state index in [0.717, 1.165) is 22.1 Å². The normalized spacial score (nSPS) is 24.4. The molecule has 2 aliphatic heterocycles. The van der Waals surface area contributed by atoms with Gasteiger partial charge >= 0.3 is 12.3 Å². The molecule has 0 radical (unpaired) electrons. The van der Waals surface area contributed by atoms with Crippen LogP contribution in [0, 0.1) is 17.2 Å². The quantitative estimate of drug-likeness (QED) is 0.273. The number of ether oxygens (including phenoxy) is 1. The molecule has 0 bridgehead atoms. The van der Waals surface area contributed by atoms with Crippen LogP contribution in [0.3, 0.4) is 0 Å². The maximum absolute atomic E-state index is 14.5. The number of halogens is 5. The summed E-state index contributed by atoms with van der Waals surface area (Å²) in [5, 5.41) is 5.23. The monoisotopic (exact) mass is 799 g/mol. The zero-order valence-electron chi connectivity index (χ0n) is 30.1. The van der Waals surface area contributed by atoms with Crippen LogP contribution in [0.15, 0.2) is 36.4 Å². The van der Waals surface area contributed by atoms with Crippen molar-refractivity contribution in [3.05, 3.63) is 63.9 Å². The van der Waals surface area contributed by atoms with Crippen LogP contribution >= 0.6 is 11.6 Å². The Labute approximate surface area is 315 Å². The van der Waals surface area contributed by atoms with E-state index in [1.54, 1.807) is 39.8 Å². The average molecular weight is 800 g/mol. The number of hydrogen-bond acceptors (Lipinski definition) is 8. The first-order valence-corrected chi connectivity index (χ1v) is 19.6. The average Bonchev–Trinajstić information content (AvgIpc) is 3.96. The summed E-state index contributed by atoms with van der Waals surface area (Å²) < 4.78 is 88.4. The molecule has 1 saturated heterocycles. The molecule has 2 aromatic carbocycles. The fourth-order valence-corrected chi connectivity index (χ4v) is 8.83. The molecule has 3 fully saturated rings. The number of hydrogen-bond donors (Lipinski definition) is 3. The van der Waals surface area contributed by atoms with Gasteiger partial charge in [-0.15, -0.1) is 0 Å². The fraction of sp³-hybridized carbons (Fsp3) is 0.556. The molecular formula is C36H42ClF4N5O7S. The van der Waals surface area contributed by atoms with E-state index in [1.807, 2.05) is 6.07 Å². The third kappa shape index (κ3) is 8.11. The lowest BCUT2D eigenvalue weighted by Crippen LogP contribution is -2.58. The molecule has 4 amide bonds. The molecule has 3 N–H and O–H groups in total. The molecule has 2 saturated carbocycles. The SMILES string of the molecule is CCC1CC1(NC(=O)C1CC(OC(=O)N2Cc3cccc(Cl)c3C2)CN1C(=O)C(Nc1cc(F)cc(C(F)(F)F)c1)C(C)(C)C)C(=O)NS(=O)(=O)C1CC1. The van der Waals surface area contributed by atoms with Gasteiger partial charge in [0.2, 0.25) is 21.8 Å². The Bertz CT molecular complexity index is 1970. The van der Waals surface area contributed by atoms with E-state index in [4.69, 9.17) is 16.3 Å². The van der Waals surface area contributed by atoms with Gasteiger partial charge in [-0.05, 0) is 66.0 Å². The van der Waals surface area contributed by atoms with Gasteiger partial charge in [0.15, 0.2) is 0 Å². The van der Waals surface area contributed by atoms with Gasteiger partial charge < -0.3 is 20.3 Å². The molecule has 5 unspecified atom stereocenters. The van der Waals surface area contributed by atoms with Gasteiger partial charge in [-0.3, -0.25) is 24.0 Å². The Balaban J connectivity index is 1.27. The van der Waals surface area contributed by atoms with Crippen LogP contribution in [0.5, 0.6) is 0 Å². The summed E-state index contributed by atoms with van der Waals surface area (Å²) >= 11 is 6.32. The number of benzene rings is 2. The van der Waals surface area contributed by atoms with E-state index in [-0.39, 0.29) is 38.2 Å². The van der Waals surface area contributed by atoms with Crippen molar-refractivity contribution in [3.8, 4) is 0 Å². The molecule has 2 aromatic rings. The molecule has 54 heavy (non-hydrogen) atoms. The van der Waals surface area contributed by atoms with Crippen molar-refractivity contribution >= 4 is 51.1 Å². The number of carbonyl (C=O) groups is 4. The van der Waals surface area contributed by atoms with Crippen LogP contribution in [-0.2, 0) is 48.4 Å². The predicted molar refractivity (Wildman–Crippen MR) is 189 cm³/mol. The number of rotatable bonds is 10. The highest BCUT2D eigenvalue weighted by Gasteiger charge is 2.62. The number of anilines is 1. The second-order valence-electron chi connectivity index (χ2n) is 15.6. The largest absolute Gasteiger partial charge is 0.444 e. The summed E-state index contributed by atoms with van der Waals surface area (Å²) in [6.45, 7) is 6.72. The van der Waals surface area contributed by atoms with Crippen molar-refractivity contribution in [2.45, 2.75) is 108 Å². The van der Waals surface area contributed by atoms with Gasteiger partial charge in [0.1, 0.15) is 29.5 Å². The van der Waals surface area contributed by atoms with E-state index in [0.29, 0.717) is 36.4 Å². The zero-order chi connectivity index (χ0) is 39.5. The van der Waals surface area contributed by atoms with Crippen molar-refractivity contribution in [2.24, 2.45) is 11.3 Å². The van der Waals surface area contributed by atoms with Gasteiger partial charge in [-0.2, -0.15) is 13.2 Å². The minimum absolute atomic E-state index is 0.145. The first-order valence-electron chi connectivity index (χ1n) is 17.7. The van der Waals surface area contributed by atoms with Crippen LogP contribution in [0.25, 0.3) is 0 Å². The number of amides is 4. The Hall–Kier alpha value is -4.12. The van der Waals surface area contributed by atoms with Gasteiger partial charge in [0, 0.05) is 23.7 Å². The number of fused-ring (bicyclic) bond motifs is 1. The van der Waals surface area contributed by atoms with Crippen molar-refractivity contribution in [1.29, 1.82) is 0 Å². The highest BCUT2D eigenvalue weighted by molar-refractivity contribution is 7.91. The van der Waals surface area contributed by atoms with Gasteiger partial charge in [-0.25, -0.2) is 17.6 Å². The second-order valence-corrected chi connectivity index (χ2v) is 18.0. The topological polar surface area (TPSA) is 154 Å². The summed E-state index contributed by atoms with van der Waals surface area (Å²) in [5.41, 5.74) is -2.63. The highest BCUT2D eigenvalue weighted by atomic mass is 35.5. The summed E-state index contributed by atoms with van der Waals surface area (Å²) in [7, 11) is -3.96. The number of likely N-dealkylation sites (tertiary alicyclic amines) is 1. The number of carbonyl (C=O) groups excluding carboxylic acids is 4. The van der Waals surface area contributed by atoms with Gasteiger partial charge in [0.25, 0.3) is 5.91 Å². The molecule has 4 aliphatic rings. The Morgan fingerprint density at radius 2 is 1.78 bits per heavy atom. The maximum atomic E-state index is 14.5. The molecule has 18 heteroatoms. The molecule has 2 aliphatic carbocycles. The first-order chi connectivity index (χ1) is 25.1. The van der Waals surface area contributed by atoms with E-state index < -0.39 is 91.7 Å². The number of nitrogens with one attached hydrogen (secondary N) is 3. The molecule has 12 nitrogen and oxygen atoms in total. The molecule has 0 aromatic heterocycles.